The van der Waals surface area contributed by atoms with Crippen LogP contribution in [0.4, 0.5) is 11.8 Å². The monoisotopic (exact) mass is 262 g/mol. The second-order valence-electron chi connectivity index (χ2n) is 4.86. The van der Waals surface area contributed by atoms with Gasteiger partial charge < -0.3 is 20.7 Å². The van der Waals surface area contributed by atoms with Gasteiger partial charge in [-0.3, -0.25) is 0 Å². The topological polar surface area (TPSA) is 104 Å². The van der Waals surface area contributed by atoms with Crippen LogP contribution in [0.5, 0.6) is 0 Å². The standard InChI is InChI=1S/C12H18N6O/c13-12-16-10-9(14-7-15-10)11(17-12)18(5-2-6-19)8-3-1-4-8/h7-8,19H,1-6H2,(H3,13,14,15,16,17). The number of aliphatic hydroxyl groups excluding tert-OH is 1. The van der Waals surface area contributed by atoms with E-state index in [9.17, 15) is 0 Å². The summed E-state index contributed by atoms with van der Waals surface area (Å²) in [5.74, 6) is 1.04. The number of rotatable bonds is 5. The zero-order valence-corrected chi connectivity index (χ0v) is 10.7. The first-order chi connectivity index (χ1) is 9.29. The van der Waals surface area contributed by atoms with Gasteiger partial charge in [0.2, 0.25) is 5.95 Å². The fraction of sp³-hybridized carbons (Fsp3) is 0.583. The number of hydrogen-bond donors (Lipinski definition) is 3. The summed E-state index contributed by atoms with van der Waals surface area (Å²) >= 11 is 0. The highest BCUT2D eigenvalue weighted by atomic mass is 16.3. The third-order valence-electron chi connectivity index (χ3n) is 3.63. The van der Waals surface area contributed by atoms with Crippen molar-refractivity contribution in [3.63, 3.8) is 0 Å². The summed E-state index contributed by atoms with van der Waals surface area (Å²) in [4.78, 5) is 17.9. The molecule has 19 heavy (non-hydrogen) atoms. The second kappa shape index (κ2) is 5.00. The number of hydrogen-bond acceptors (Lipinski definition) is 6. The van der Waals surface area contributed by atoms with E-state index in [4.69, 9.17) is 10.8 Å². The molecule has 7 heteroatoms. The van der Waals surface area contributed by atoms with Crippen LogP contribution in [0.15, 0.2) is 6.33 Å². The number of nitrogens with two attached hydrogens (primary N) is 1. The second-order valence-corrected chi connectivity index (χ2v) is 4.86. The van der Waals surface area contributed by atoms with Gasteiger partial charge in [0.05, 0.1) is 6.33 Å². The van der Waals surface area contributed by atoms with Crippen molar-refractivity contribution < 1.29 is 5.11 Å². The highest BCUT2D eigenvalue weighted by molar-refractivity contribution is 5.84. The van der Waals surface area contributed by atoms with Crippen molar-refractivity contribution in [2.24, 2.45) is 0 Å². The molecule has 0 aliphatic heterocycles. The molecular formula is C12H18N6O. The van der Waals surface area contributed by atoms with Crippen LogP contribution in [0.1, 0.15) is 25.7 Å². The first-order valence-corrected chi connectivity index (χ1v) is 6.63. The molecule has 2 aromatic heterocycles. The Hall–Kier alpha value is -1.89. The lowest BCUT2D eigenvalue weighted by Crippen LogP contribution is -2.42. The number of imidazole rings is 1. The van der Waals surface area contributed by atoms with Crippen LogP contribution in [0.25, 0.3) is 11.2 Å². The molecule has 0 aromatic carbocycles. The molecule has 4 N–H and O–H groups in total. The quantitative estimate of drug-likeness (QED) is 0.732. The molecule has 0 amide bonds. The first kappa shape index (κ1) is 12.2. The molecule has 0 spiro atoms. The number of fused-ring (bicyclic) bond motifs is 1. The zero-order valence-electron chi connectivity index (χ0n) is 10.7. The molecule has 1 aliphatic carbocycles. The molecule has 0 atom stereocenters. The summed E-state index contributed by atoms with van der Waals surface area (Å²) in [6.07, 6.45) is 5.88. The lowest BCUT2D eigenvalue weighted by atomic mass is 9.91. The zero-order chi connectivity index (χ0) is 13.2. The van der Waals surface area contributed by atoms with Gasteiger partial charge in [0.25, 0.3) is 0 Å². The molecule has 1 fully saturated rings. The Morgan fingerprint density at radius 3 is 2.95 bits per heavy atom. The van der Waals surface area contributed by atoms with E-state index < -0.39 is 0 Å². The van der Waals surface area contributed by atoms with Gasteiger partial charge in [-0.25, -0.2) is 4.98 Å². The number of nitrogens with zero attached hydrogens (tertiary/aromatic N) is 4. The molecule has 1 saturated carbocycles. The molecule has 3 rings (SSSR count). The Labute approximate surface area is 110 Å². The van der Waals surface area contributed by atoms with E-state index in [-0.39, 0.29) is 12.6 Å². The number of aliphatic hydroxyl groups is 1. The summed E-state index contributed by atoms with van der Waals surface area (Å²) < 4.78 is 0. The van der Waals surface area contributed by atoms with Crippen LogP contribution in [-0.4, -0.2) is 44.2 Å². The number of aromatic amines is 1. The average molecular weight is 262 g/mol. The Bertz CT molecular complexity index is 564. The van der Waals surface area contributed by atoms with Gasteiger partial charge in [0.15, 0.2) is 11.5 Å². The van der Waals surface area contributed by atoms with Crippen molar-refractivity contribution in [2.75, 3.05) is 23.8 Å². The molecule has 102 valence electrons. The molecule has 1 aliphatic rings. The van der Waals surface area contributed by atoms with Crippen LogP contribution in [0, 0.1) is 0 Å². The molecule has 0 bridgehead atoms. The van der Waals surface area contributed by atoms with E-state index in [0.717, 1.165) is 37.1 Å². The Kier molecular flexibility index (Phi) is 3.20. The van der Waals surface area contributed by atoms with Crippen LogP contribution in [-0.2, 0) is 0 Å². The van der Waals surface area contributed by atoms with Crippen LogP contribution in [0.2, 0.25) is 0 Å². The maximum atomic E-state index is 9.06. The van der Waals surface area contributed by atoms with Gasteiger partial charge >= 0.3 is 0 Å². The molecule has 0 saturated heterocycles. The van der Waals surface area contributed by atoms with E-state index in [2.05, 4.69) is 24.8 Å². The van der Waals surface area contributed by atoms with Crippen molar-refractivity contribution >= 4 is 22.9 Å². The van der Waals surface area contributed by atoms with Crippen LogP contribution < -0.4 is 10.6 Å². The minimum absolute atomic E-state index is 0.176. The van der Waals surface area contributed by atoms with Gasteiger partial charge in [-0.15, -0.1) is 0 Å². The van der Waals surface area contributed by atoms with Crippen molar-refractivity contribution in [2.45, 2.75) is 31.7 Å². The summed E-state index contributed by atoms with van der Waals surface area (Å²) in [5.41, 5.74) is 7.17. The normalized spacial score (nSPS) is 15.6. The fourth-order valence-corrected chi connectivity index (χ4v) is 2.44. The average Bonchev–Trinajstić information content (AvgIpc) is 2.78. The SMILES string of the molecule is Nc1nc(N(CCCO)C2CCC2)c2[nH]cnc2n1. The highest BCUT2D eigenvalue weighted by Gasteiger charge is 2.27. The third-order valence-corrected chi connectivity index (χ3v) is 3.63. The van der Waals surface area contributed by atoms with Crippen LogP contribution >= 0.6 is 0 Å². The molecule has 7 nitrogen and oxygen atoms in total. The number of nitrogen functional groups attached to an aromatic ring is 1. The van der Waals surface area contributed by atoms with E-state index in [1.165, 1.54) is 6.42 Å². The first-order valence-electron chi connectivity index (χ1n) is 6.63. The van der Waals surface area contributed by atoms with Gasteiger partial charge in [0.1, 0.15) is 5.52 Å². The number of H-pyrrole nitrogens is 1. The van der Waals surface area contributed by atoms with Crippen molar-refractivity contribution in [1.29, 1.82) is 0 Å². The Morgan fingerprint density at radius 1 is 1.42 bits per heavy atom. The number of anilines is 2. The molecule has 2 heterocycles. The van der Waals surface area contributed by atoms with Gasteiger partial charge in [-0.2, -0.15) is 9.97 Å². The Balaban J connectivity index is 2.00. The molecule has 2 aromatic rings. The smallest absolute Gasteiger partial charge is 0.224 e. The largest absolute Gasteiger partial charge is 0.396 e. The lowest BCUT2D eigenvalue weighted by molar-refractivity contribution is 0.282. The van der Waals surface area contributed by atoms with Gasteiger partial charge in [-0.05, 0) is 25.7 Å². The van der Waals surface area contributed by atoms with E-state index >= 15 is 0 Å². The number of nitrogens with one attached hydrogen (secondary N) is 1. The Morgan fingerprint density at radius 2 is 2.26 bits per heavy atom. The third kappa shape index (κ3) is 2.21. The minimum atomic E-state index is 0.176. The van der Waals surface area contributed by atoms with E-state index in [1.54, 1.807) is 6.33 Å². The van der Waals surface area contributed by atoms with Gasteiger partial charge in [0, 0.05) is 19.2 Å². The lowest BCUT2D eigenvalue weighted by Gasteiger charge is -2.38. The predicted octanol–water partition coefficient (Wildman–Crippen LogP) is 0.676. The summed E-state index contributed by atoms with van der Waals surface area (Å²) in [6, 6.07) is 0.479. The molecule has 0 radical (unpaired) electrons. The summed E-state index contributed by atoms with van der Waals surface area (Å²) in [7, 11) is 0. The minimum Gasteiger partial charge on any atom is -0.396 e. The summed E-state index contributed by atoms with van der Waals surface area (Å²) in [5, 5.41) is 9.06. The molecule has 0 unspecified atom stereocenters. The predicted molar refractivity (Wildman–Crippen MR) is 72.8 cm³/mol. The van der Waals surface area contributed by atoms with Gasteiger partial charge in [-0.1, -0.05) is 0 Å². The van der Waals surface area contributed by atoms with E-state index in [1.807, 2.05) is 0 Å². The van der Waals surface area contributed by atoms with Crippen molar-refractivity contribution in [1.82, 2.24) is 19.9 Å². The maximum absolute atomic E-state index is 9.06. The van der Waals surface area contributed by atoms with Crippen LogP contribution in [0.3, 0.4) is 0 Å². The number of aromatic nitrogens is 4. The highest BCUT2D eigenvalue weighted by Crippen LogP contribution is 2.31. The molecular weight excluding hydrogens is 244 g/mol. The fourth-order valence-electron chi connectivity index (χ4n) is 2.44. The van der Waals surface area contributed by atoms with E-state index in [0.29, 0.717) is 11.7 Å². The maximum Gasteiger partial charge on any atom is 0.224 e. The summed E-state index contributed by atoms with van der Waals surface area (Å²) in [6.45, 7) is 0.946. The van der Waals surface area contributed by atoms with Crippen molar-refractivity contribution in [3.05, 3.63) is 6.33 Å². The van der Waals surface area contributed by atoms with Crippen molar-refractivity contribution in [3.8, 4) is 0 Å².